The van der Waals surface area contributed by atoms with Crippen LogP contribution in [0.2, 0.25) is 5.02 Å². The second-order valence-corrected chi connectivity index (χ2v) is 9.84. The van der Waals surface area contributed by atoms with Crippen molar-refractivity contribution >= 4 is 40.9 Å². The van der Waals surface area contributed by atoms with Gasteiger partial charge in [-0.3, -0.25) is 4.79 Å². The van der Waals surface area contributed by atoms with Gasteiger partial charge in [-0.25, -0.2) is 9.07 Å². The number of fused-ring (bicyclic) bond motifs is 1. The normalized spacial score (nSPS) is 14.8. The average Bonchev–Trinajstić information content (AvgIpc) is 3.25. The molecule has 2 N–H and O–H groups in total. The lowest BCUT2D eigenvalue weighted by atomic mass is 9.95. The Hall–Kier alpha value is -3.62. The number of carbonyl (C=O) groups excluding carboxylic acids is 1. The third-order valence-electron chi connectivity index (χ3n) is 5.83. The fourth-order valence-electron chi connectivity index (χ4n) is 4.15. The molecule has 1 aromatic heterocycles. The molecule has 3 aromatic carbocycles. The molecule has 0 saturated heterocycles. The summed E-state index contributed by atoms with van der Waals surface area (Å²) in [5, 5.41) is 12.1. The lowest BCUT2D eigenvalue weighted by molar-refractivity contribution is -0.113. The quantitative estimate of drug-likeness (QED) is 0.281. The maximum Gasteiger partial charge on any atom is 0.255 e. The lowest BCUT2D eigenvalue weighted by Crippen LogP contribution is -2.31. The van der Waals surface area contributed by atoms with Crippen molar-refractivity contribution < 1.29 is 9.18 Å². The molecule has 0 bridgehead atoms. The van der Waals surface area contributed by atoms with E-state index in [0.717, 1.165) is 11.1 Å². The van der Waals surface area contributed by atoms with Crippen molar-refractivity contribution in [1.82, 2.24) is 14.8 Å². The summed E-state index contributed by atoms with van der Waals surface area (Å²) in [7, 11) is 0. The third kappa shape index (κ3) is 5.01. The van der Waals surface area contributed by atoms with Crippen molar-refractivity contribution in [3.63, 3.8) is 0 Å². The molecule has 0 fully saturated rings. The number of carbonyl (C=O) groups is 1. The molecule has 5 rings (SSSR count). The number of hydrogen-bond acceptors (Lipinski definition) is 5. The summed E-state index contributed by atoms with van der Waals surface area (Å²) < 4.78 is 15.9. The van der Waals surface area contributed by atoms with Crippen LogP contribution in [0.25, 0.3) is 0 Å². The molecule has 1 amide bonds. The number of hydrogen-bond donors (Lipinski definition) is 2. The molecule has 2 heterocycles. The molecule has 1 aliphatic heterocycles. The first-order valence-corrected chi connectivity index (χ1v) is 12.7. The van der Waals surface area contributed by atoms with E-state index in [0.29, 0.717) is 44.4 Å². The second-order valence-electron chi connectivity index (χ2n) is 8.49. The Morgan fingerprint density at radius 1 is 1.11 bits per heavy atom. The zero-order chi connectivity index (χ0) is 25.2. The number of nitrogens with zero attached hydrogens (tertiary/aromatic N) is 3. The molecule has 0 saturated carbocycles. The number of anilines is 2. The van der Waals surface area contributed by atoms with Crippen LogP contribution in [0.5, 0.6) is 0 Å². The van der Waals surface area contributed by atoms with Crippen LogP contribution in [-0.2, 0) is 10.5 Å². The first kappa shape index (κ1) is 24.1. The van der Waals surface area contributed by atoms with Gasteiger partial charge in [0.1, 0.15) is 11.9 Å². The standard InChI is InChI=1S/C27H23ClFN5OS/c1-16-7-5-11-21(13-16)31-25(35)23-17(2)30-26-32-27(36-15-19-8-3-4-12-22(19)28)33-34(26)24(23)18-9-6-10-20(29)14-18/h3-14,24H,15H2,1-2H3,(H,31,35)(H,30,32,33). The summed E-state index contributed by atoms with van der Waals surface area (Å²) in [5.74, 6) is 0.375. The average molecular weight is 520 g/mol. The van der Waals surface area contributed by atoms with Crippen LogP contribution in [0.1, 0.15) is 29.7 Å². The summed E-state index contributed by atoms with van der Waals surface area (Å²) in [5.41, 5.74) is 4.33. The van der Waals surface area contributed by atoms with Gasteiger partial charge in [0, 0.05) is 22.2 Å². The monoisotopic (exact) mass is 519 g/mol. The molecular weight excluding hydrogens is 497 g/mol. The molecule has 0 aliphatic carbocycles. The van der Waals surface area contributed by atoms with Crippen LogP contribution >= 0.6 is 23.4 Å². The molecule has 36 heavy (non-hydrogen) atoms. The Morgan fingerprint density at radius 3 is 2.69 bits per heavy atom. The van der Waals surface area contributed by atoms with E-state index >= 15 is 0 Å². The fourth-order valence-corrected chi connectivity index (χ4v) is 5.27. The number of amides is 1. The van der Waals surface area contributed by atoms with Gasteiger partial charge >= 0.3 is 0 Å². The first-order chi connectivity index (χ1) is 17.4. The van der Waals surface area contributed by atoms with Crippen molar-refractivity contribution in [3.05, 3.63) is 112 Å². The van der Waals surface area contributed by atoms with Gasteiger partial charge in [0.05, 0.1) is 5.57 Å². The van der Waals surface area contributed by atoms with Crippen LogP contribution in [0.15, 0.2) is 89.2 Å². The maximum absolute atomic E-state index is 14.3. The van der Waals surface area contributed by atoms with Gasteiger partial charge in [0.15, 0.2) is 0 Å². The van der Waals surface area contributed by atoms with Crippen molar-refractivity contribution in [2.24, 2.45) is 0 Å². The Labute approximate surface area is 217 Å². The van der Waals surface area contributed by atoms with E-state index in [-0.39, 0.29) is 5.91 Å². The van der Waals surface area contributed by atoms with Gasteiger partial charge in [-0.15, -0.1) is 5.10 Å². The number of aryl methyl sites for hydroxylation is 1. The van der Waals surface area contributed by atoms with E-state index in [1.807, 2.05) is 62.4 Å². The van der Waals surface area contributed by atoms with Crippen LogP contribution < -0.4 is 10.6 Å². The molecule has 0 radical (unpaired) electrons. The van der Waals surface area contributed by atoms with Crippen LogP contribution in [0.4, 0.5) is 16.0 Å². The van der Waals surface area contributed by atoms with Crippen molar-refractivity contribution in [1.29, 1.82) is 0 Å². The van der Waals surface area contributed by atoms with Gasteiger partial charge in [0.25, 0.3) is 5.91 Å². The molecule has 4 aromatic rings. The third-order valence-corrected chi connectivity index (χ3v) is 7.09. The van der Waals surface area contributed by atoms with E-state index < -0.39 is 11.9 Å². The van der Waals surface area contributed by atoms with Crippen LogP contribution in [0.3, 0.4) is 0 Å². The molecule has 1 aliphatic rings. The Bertz CT molecular complexity index is 1480. The Kier molecular flexibility index (Phi) is 6.80. The number of thioether (sulfide) groups is 1. The van der Waals surface area contributed by atoms with Gasteiger partial charge in [-0.1, -0.05) is 65.8 Å². The van der Waals surface area contributed by atoms with E-state index in [1.165, 1.54) is 23.9 Å². The van der Waals surface area contributed by atoms with Crippen molar-refractivity contribution in [2.45, 2.75) is 30.8 Å². The van der Waals surface area contributed by atoms with Gasteiger partial charge in [-0.2, -0.15) is 4.98 Å². The summed E-state index contributed by atoms with van der Waals surface area (Å²) in [6, 6.07) is 20.7. The summed E-state index contributed by atoms with van der Waals surface area (Å²) in [6.07, 6.45) is 0. The molecule has 1 atom stereocenters. The van der Waals surface area contributed by atoms with Crippen molar-refractivity contribution in [3.8, 4) is 0 Å². The highest BCUT2D eigenvalue weighted by Crippen LogP contribution is 2.37. The number of benzene rings is 3. The minimum absolute atomic E-state index is 0.300. The fraction of sp³-hybridized carbons (Fsp3) is 0.148. The molecular formula is C27H23ClFN5OS. The summed E-state index contributed by atoms with van der Waals surface area (Å²) in [6.45, 7) is 3.77. The van der Waals surface area contributed by atoms with E-state index in [1.54, 1.807) is 16.8 Å². The highest BCUT2D eigenvalue weighted by molar-refractivity contribution is 7.98. The zero-order valence-corrected chi connectivity index (χ0v) is 21.2. The largest absolute Gasteiger partial charge is 0.328 e. The SMILES string of the molecule is CC1=C(C(=O)Nc2cccc(C)c2)C(c2cccc(F)c2)n2nc(SCc3ccccc3Cl)nc2N1. The topological polar surface area (TPSA) is 71.8 Å². The highest BCUT2D eigenvalue weighted by Gasteiger charge is 2.34. The minimum Gasteiger partial charge on any atom is -0.328 e. The summed E-state index contributed by atoms with van der Waals surface area (Å²) >= 11 is 7.74. The predicted octanol–water partition coefficient (Wildman–Crippen LogP) is 6.60. The highest BCUT2D eigenvalue weighted by atomic mass is 35.5. The minimum atomic E-state index is -0.663. The second kappa shape index (κ2) is 10.2. The molecule has 9 heteroatoms. The number of halogens is 2. The smallest absolute Gasteiger partial charge is 0.255 e. The van der Waals surface area contributed by atoms with E-state index in [9.17, 15) is 9.18 Å². The van der Waals surface area contributed by atoms with Crippen molar-refractivity contribution in [2.75, 3.05) is 10.6 Å². The van der Waals surface area contributed by atoms with Gasteiger partial charge in [-0.05, 0) is 60.9 Å². The number of rotatable bonds is 6. The molecule has 1 unspecified atom stereocenters. The molecule has 0 spiro atoms. The van der Waals surface area contributed by atoms with Gasteiger partial charge in [0.2, 0.25) is 11.1 Å². The van der Waals surface area contributed by atoms with Crippen LogP contribution in [0, 0.1) is 12.7 Å². The zero-order valence-electron chi connectivity index (χ0n) is 19.6. The van der Waals surface area contributed by atoms with Gasteiger partial charge < -0.3 is 10.6 Å². The first-order valence-electron chi connectivity index (χ1n) is 11.3. The number of nitrogens with one attached hydrogen (secondary N) is 2. The predicted molar refractivity (Wildman–Crippen MR) is 142 cm³/mol. The number of aromatic nitrogens is 3. The van der Waals surface area contributed by atoms with Crippen LogP contribution in [-0.4, -0.2) is 20.7 Å². The molecule has 182 valence electrons. The Balaban J connectivity index is 1.50. The van der Waals surface area contributed by atoms with E-state index in [2.05, 4.69) is 15.6 Å². The maximum atomic E-state index is 14.3. The number of allylic oxidation sites excluding steroid dienone is 1. The lowest BCUT2D eigenvalue weighted by Gasteiger charge is -2.28. The summed E-state index contributed by atoms with van der Waals surface area (Å²) in [4.78, 5) is 18.2. The van der Waals surface area contributed by atoms with E-state index in [4.69, 9.17) is 16.7 Å². The Morgan fingerprint density at radius 2 is 1.92 bits per heavy atom. The molecule has 6 nitrogen and oxygen atoms in total.